The predicted octanol–water partition coefficient (Wildman–Crippen LogP) is 6.17. The Kier molecular flexibility index (Phi) is 6.03. The van der Waals surface area contributed by atoms with E-state index in [1.807, 2.05) is 48.5 Å². The molecule has 35 heavy (non-hydrogen) atoms. The summed E-state index contributed by atoms with van der Waals surface area (Å²) in [5.41, 5.74) is -0.308. The van der Waals surface area contributed by atoms with Gasteiger partial charge in [0.1, 0.15) is 11.3 Å². The Morgan fingerprint density at radius 2 is 1.49 bits per heavy atom. The first-order valence-electron chi connectivity index (χ1n) is 10.5. The number of hydrogen-bond donors (Lipinski definition) is 0. The summed E-state index contributed by atoms with van der Waals surface area (Å²) in [5.74, 6) is 0.268. The summed E-state index contributed by atoms with van der Waals surface area (Å²) in [6, 6.07) is 19.6. The number of carbonyl (C=O) groups excluding carboxylic acids is 1. The fraction of sp³-hybridized carbons (Fsp3) is 0.192. The maximum atomic E-state index is 13.5. The lowest BCUT2D eigenvalue weighted by Gasteiger charge is -2.29. The monoisotopic (exact) mass is 495 g/mol. The van der Waals surface area contributed by atoms with E-state index in [0.29, 0.717) is 5.69 Å². The molecule has 0 atom stereocenters. The Hall–Kier alpha value is -3.90. The summed E-state index contributed by atoms with van der Waals surface area (Å²) < 4.78 is 45.7. The minimum atomic E-state index is -4.75. The highest BCUT2D eigenvalue weighted by atomic mass is 32.1. The highest BCUT2D eigenvalue weighted by Crippen LogP contribution is 2.40. The van der Waals surface area contributed by atoms with Crippen LogP contribution in [-0.4, -0.2) is 23.7 Å². The number of carbonyl (C=O) groups is 1. The zero-order valence-corrected chi connectivity index (χ0v) is 19.9. The number of thiocarbonyl (C=S) groups is 1. The van der Waals surface area contributed by atoms with Crippen LogP contribution in [0.5, 0.6) is 5.75 Å². The molecule has 4 rings (SSSR count). The number of anilines is 2. The van der Waals surface area contributed by atoms with Gasteiger partial charge in [0.05, 0.1) is 30.0 Å². The zero-order chi connectivity index (χ0) is 25.5. The average molecular weight is 496 g/mol. The largest absolute Gasteiger partial charge is 0.497 e. The lowest BCUT2D eigenvalue weighted by Crippen LogP contribution is -2.44. The molecule has 9 heteroatoms. The molecule has 0 unspecified atom stereocenters. The molecular formula is C26H20F3N3O2S. The van der Waals surface area contributed by atoms with Gasteiger partial charge in [0.15, 0.2) is 5.11 Å². The van der Waals surface area contributed by atoms with Gasteiger partial charge in [-0.25, -0.2) is 0 Å². The average Bonchev–Trinajstić information content (AvgIpc) is 3.01. The topological polar surface area (TPSA) is 56.6 Å². The van der Waals surface area contributed by atoms with Gasteiger partial charge in [0, 0.05) is 5.69 Å². The second kappa shape index (κ2) is 8.71. The van der Waals surface area contributed by atoms with Crippen LogP contribution in [0.2, 0.25) is 0 Å². The Morgan fingerprint density at radius 3 is 2.00 bits per heavy atom. The van der Waals surface area contributed by atoms with Gasteiger partial charge < -0.3 is 9.64 Å². The molecule has 0 radical (unpaired) electrons. The van der Waals surface area contributed by atoms with E-state index in [2.05, 4.69) is 0 Å². The quantitative estimate of drug-likeness (QED) is 0.405. The van der Waals surface area contributed by atoms with E-state index in [0.717, 1.165) is 33.9 Å². The Balaban J connectivity index is 1.70. The SMILES string of the molecule is COc1ccc(-c2ccc(N3C(=S)N(c4ccc(C#N)c(C(F)(F)F)c4)C(=O)C3(C)C)cc2)cc1. The van der Waals surface area contributed by atoms with Crippen molar-refractivity contribution in [3.8, 4) is 22.9 Å². The maximum absolute atomic E-state index is 13.5. The summed E-state index contributed by atoms with van der Waals surface area (Å²) in [6.45, 7) is 3.32. The third-order valence-corrected chi connectivity index (χ3v) is 6.27. The number of methoxy groups -OCH3 is 1. The summed E-state index contributed by atoms with van der Waals surface area (Å²) in [6.07, 6.45) is -4.75. The molecule has 1 heterocycles. The van der Waals surface area contributed by atoms with Crippen LogP contribution in [0.25, 0.3) is 11.1 Å². The molecule has 1 aliphatic heterocycles. The first-order chi connectivity index (χ1) is 16.5. The molecule has 178 valence electrons. The molecule has 0 N–H and O–H groups in total. The molecule has 0 aliphatic carbocycles. The number of amides is 1. The van der Waals surface area contributed by atoms with Crippen LogP contribution in [-0.2, 0) is 11.0 Å². The van der Waals surface area contributed by atoms with E-state index in [1.54, 1.807) is 31.9 Å². The number of alkyl halides is 3. The summed E-state index contributed by atoms with van der Waals surface area (Å²) in [5, 5.41) is 9.13. The van der Waals surface area contributed by atoms with Crippen LogP contribution >= 0.6 is 12.2 Å². The Labute approximate surface area is 206 Å². The van der Waals surface area contributed by atoms with E-state index in [4.69, 9.17) is 22.2 Å². The van der Waals surface area contributed by atoms with Gasteiger partial charge in [-0.1, -0.05) is 24.3 Å². The number of benzene rings is 3. The smallest absolute Gasteiger partial charge is 0.417 e. The molecule has 0 bridgehead atoms. The van der Waals surface area contributed by atoms with Crippen molar-refractivity contribution >= 4 is 34.6 Å². The molecule has 1 aliphatic rings. The molecule has 0 saturated carbocycles. The van der Waals surface area contributed by atoms with E-state index >= 15 is 0 Å². The zero-order valence-electron chi connectivity index (χ0n) is 19.1. The van der Waals surface area contributed by atoms with Gasteiger partial charge in [-0.05, 0) is 79.7 Å². The van der Waals surface area contributed by atoms with Crippen molar-refractivity contribution < 1.29 is 22.7 Å². The van der Waals surface area contributed by atoms with E-state index in [1.165, 1.54) is 6.07 Å². The molecule has 3 aromatic rings. The van der Waals surface area contributed by atoms with Gasteiger partial charge in [-0.3, -0.25) is 9.69 Å². The second-order valence-electron chi connectivity index (χ2n) is 8.43. The van der Waals surface area contributed by atoms with Crippen LogP contribution in [0.1, 0.15) is 25.0 Å². The number of ether oxygens (including phenoxy) is 1. The summed E-state index contributed by atoms with van der Waals surface area (Å²) in [4.78, 5) is 16.0. The van der Waals surface area contributed by atoms with Gasteiger partial charge in [0.25, 0.3) is 5.91 Å². The fourth-order valence-corrected chi connectivity index (χ4v) is 4.57. The predicted molar refractivity (Wildman–Crippen MR) is 131 cm³/mol. The molecule has 0 aromatic heterocycles. The maximum Gasteiger partial charge on any atom is 0.417 e. The van der Waals surface area contributed by atoms with E-state index < -0.39 is 28.7 Å². The normalized spacial score (nSPS) is 15.3. The van der Waals surface area contributed by atoms with Gasteiger partial charge in [-0.2, -0.15) is 18.4 Å². The number of hydrogen-bond acceptors (Lipinski definition) is 4. The van der Waals surface area contributed by atoms with Gasteiger partial charge in [-0.15, -0.1) is 0 Å². The van der Waals surface area contributed by atoms with Crippen LogP contribution < -0.4 is 14.5 Å². The van der Waals surface area contributed by atoms with Crippen molar-refractivity contribution in [2.45, 2.75) is 25.6 Å². The van der Waals surface area contributed by atoms with Crippen molar-refractivity contribution in [2.24, 2.45) is 0 Å². The van der Waals surface area contributed by atoms with Gasteiger partial charge in [0.2, 0.25) is 0 Å². The van der Waals surface area contributed by atoms with Crippen molar-refractivity contribution in [1.82, 2.24) is 0 Å². The molecule has 5 nitrogen and oxygen atoms in total. The highest BCUT2D eigenvalue weighted by molar-refractivity contribution is 7.81. The van der Waals surface area contributed by atoms with Crippen LogP contribution in [0.3, 0.4) is 0 Å². The molecule has 0 spiro atoms. The summed E-state index contributed by atoms with van der Waals surface area (Å²) in [7, 11) is 1.59. The lowest BCUT2D eigenvalue weighted by molar-refractivity contribution is -0.137. The minimum absolute atomic E-state index is 0.0447. The Bertz CT molecular complexity index is 1340. The van der Waals surface area contributed by atoms with Crippen LogP contribution in [0, 0.1) is 11.3 Å². The van der Waals surface area contributed by atoms with Crippen LogP contribution in [0.15, 0.2) is 66.7 Å². The Morgan fingerprint density at radius 1 is 0.943 bits per heavy atom. The third-order valence-electron chi connectivity index (χ3n) is 5.90. The third kappa shape index (κ3) is 4.21. The second-order valence-corrected chi connectivity index (χ2v) is 8.80. The fourth-order valence-electron chi connectivity index (χ4n) is 4.05. The summed E-state index contributed by atoms with van der Waals surface area (Å²) >= 11 is 5.57. The number of rotatable bonds is 4. The molecule has 1 saturated heterocycles. The van der Waals surface area contributed by atoms with Crippen molar-refractivity contribution in [1.29, 1.82) is 5.26 Å². The molecule has 1 fully saturated rings. The van der Waals surface area contributed by atoms with E-state index in [9.17, 15) is 18.0 Å². The van der Waals surface area contributed by atoms with Crippen molar-refractivity contribution in [3.63, 3.8) is 0 Å². The van der Waals surface area contributed by atoms with E-state index in [-0.39, 0.29) is 10.8 Å². The molecular weight excluding hydrogens is 475 g/mol. The minimum Gasteiger partial charge on any atom is -0.497 e. The van der Waals surface area contributed by atoms with Crippen LogP contribution in [0.4, 0.5) is 24.5 Å². The lowest BCUT2D eigenvalue weighted by atomic mass is 10.0. The highest BCUT2D eigenvalue weighted by Gasteiger charge is 2.50. The van der Waals surface area contributed by atoms with Gasteiger partial charge >= 0.3 is 6.18 Å². The number of halogens is 3. The first kappa shape index (κ1) is 24.2. The first-order valence-corrected chi connectivity index (χ1v) is 10.9. The molecule has 1 amide bonds. The number of nitrogens with zero attached hydrogens (tertiary/aromatic N) is 3. The standard InChI is InChI=1S/C26H20F3N3O2S/c1-25(2)23(33)31(20-11-6-18(15-30)22(14-20)26(27,28)29)24(35)32(25)19-9-4-16(5-10-19)17-7-12-21(34-3)13-8-17/h4-14H,1-3H3. The van der Waals surface area contributed by atoms with Crippen molar-refractivity contribution in [3.05, 3.63) is 77.9 Å². The number of nitriles is 1. The van der Waals surface area contributed by atoms with Crippen molar-refractivity contribution in [2.75, 3.05) is 16.9 Å². The molecule has 3 aromatic carbocycles.